The summed E-state index contributed by atoms with van der Waals surface area (Å²) in [4.78, 5) is 3.92. The minimum absolute atomic E-state index is 0.787. The van der Waals surface area contributed by atoms with E-state index < -0.39 is 0 Å². The summed E-state index contributed by atoms with van der Waals surface area (Å²) in [6, 6.07) is 16.7. The molecule has 1 heterocycles. The molecule has 100 valence electrons. The van der Waals surface area contributed by atoms with Gasteiger partial charge in [0.25, 0.3) is 0 Å². The zero-order chi connectivity index (χ0) is 13.8. The van der Waals surface area contributed by atoms with Gasteiger partial charge in [-0.15, -0.1) is 0 Å². The molecule has 20 heavy (non-hydrogen) atoms. The molecule has 0 unspecified atom stereocenters. The van der Waals surface area contributed by atoms with Crippen LogP contribution in [0, 0.1) is 6.92 Å². The number of aromatic nitrogens is 1. The summed E-state index contributed by atoms with van der Waals surface area (Å²) in [5.74, 6) is 0.787. The van der Waals surface area contributed by atoms with Crippen molar-refractivity contribution in [1.82, 2.24) is 4.98 Å². The van der Waals surface area contributed by atoms with E-state index in [0.29, 0.717) is 0 Å². The first-order valence-electron chi connectivity index (χ1n) is 6.59. The zero-order valence-electron chi connectivity index (χ0n) is 11.3. The molecule has 3 heteroatoms. The quantitative estimate of drug-likeness (QED) is 0.765. The number of oxazole rings is 1. The predicted octanol–water partition coefficient (Wildman–Crippen LogP) is 4.26. The van der Waals surface area contributed by atoms with E-state index in [1.807, 2.05) is 24.3 Å². The molecular weight excluding hydrogens is 248 g/mol. The predicted molar refractivity (Wildman–Crippen MR) is 80.4 cm³/mol. The number of nitrogens with zero attached hydrogens (tertiary/aromatic N) is 1. The Morgan fingerprint density at radius 3 is 2.65 bits per heavy atom. The van der Waals surface area contributed by atoms with Crippen LogP contribution < -0.4 is 5.32 Å². The molecule has 3 nitrogen and oxygen atoms in total. The summed E-state index contributed by atoms with van der Waals surface area (Å²) >= 11 is 0. The molecule has 0 amide bonds. The second-order valence-electron chi connectivity index (χ2n) is 4.79. The van der Waals surface area contributed by atoms with Gasteiger partial charge < -0.3 is 9.73 Å². The Morgan fingerprint density at radius 2 is 1.95 bits per heavy atom. The molecule has 0 radical (unpaired) electrons. The maximum atomic E-state index is 5.27. The molecular formula is C17H16N2O. The molecule has 0 aliphatic carbocycles. The van der Waals surface area contributed by atoms with Crippen LogP contribution in [0.4, 0.5) is 5.69 Å². The fourth-order valence-corrected chi connectivity index (χ4v) is 2.14. The van der Waals surface area contributed by atoms with Gasteiger partial charge in [-0.2, -0.15) is 0 Å². The number of nitrogens with one attached hydrogen (secondary N) is 1. The molecule has 0 aliphatic rings. The van der Waals surface area contributed by atoms with Gasteiger partial charge in [-0.25, -0.2) is 4.98 Å². The van der Waals surface area contributed by atoms with Gasteiger partial charge in [-0.1, -0.05) is 29.8 Å². The van der Waals surface area contributed by atoms with Crippen molar-refractivity contribution in [2.75, 3.05) is 5.32 Å². The van der Waals surface area contributed by atoms with Crippen LogP contribution in [0.3, 0.4) is 0 Å². The first kappa shape index (κ1) is 12.5. The average Bonchev–Trinajstić information content (AvgIpc) is 3.00. The molecule has 0 spiro atoms. The summed E-state index contributed by atoms with van der Waals surface area (Å²) in [7, 11) is 0. The summed E-state index contributed by atoms with van der Waals surface area (Å²) in [5, 5.41) is 3.41. The smallest absolute Gasteiger partial charge is 0.181 e. The highest BCUT2D eigenvalue weighted by Gasteiger charge is 2.01. The number of benzene rings is 2. The highest BCUT2D eigenvalue weighted by atomic mass is 16.3. The lowest BCUT2D eigenvalue weighted by molar-refractivity contribution is 0.572. The van der Waals surface area contributed by atoms with Crippen molar-refractivity contribution in [3.8, 4) is 11.3 Å². The SMILES string of the molecule is Cc1cccc(CNc2ccc(-c3cnco3)cc2)c1. The van der Waals surface area contributed by atoms with Gasteiger partial charge in [0, 0.05) is 17.8 Å². The van der Waals surface area contributed by atoms with E-state index in [9.17, 15) is 0 Å². The Balaban J connectivity index is 1.67. The molecule has 3 rings (SSSR count). The van der Waals surface area contributed by atoms with E-state index in [2.05, 4.69) is 41.5 Å². The number of hydrogen-bond acceptors (Lipinski definition) is 3. The highest BCUT2D eigenvalue weighted by molar-refractivity contribution is 5.60. The molecule has 2 aromatic carbocycles. The Morgan fingerprint density at radius 1 is 1.10 bits per heavy atom. The van der Waals surface area contributed by atoms with Gasteiger partial charge >= 0.3 is 0 Å². The van der Waals surface area contributed by atoms with Crippen LogP contribution >= 0.6 is 0 Å². The van der Waals surface area contributed by atoms with Crippen LogP contribution in [-0.4, -0.2) is 4.98 Å². The van der Waals surface area contributed by atoms with Crippen molar-refractivity contribution >= 4 is 5.69 Å². The normalized spacial score (nSPS) is 10.4. The van der Waals surface area contributed by atoms with Crippen molar-refractivity contribution in [1.29, 1.82) is 0 Å². The molecule has 0 aliphatic heterocycles. The largest absolute Gasteiger partial charge is 0.444 e. The van der Waals surface area contributed by atoms with Gasteiger partial charge in [0.05, 0.1) is 6.20 Å². The van der Waals surface area contributed by atoms with E-state index >= 15 is 0 Å². The van der Waals surface area contributed by atoms with Crippen LogP contribution in [0.1, 0.15) is 11.1 Å². The maximum Gasteiger partial charge on any atom is 0.181 e. The van der Waals surface area contributed by atoms with Gasteiger partial charge in [-0.3, -0.25) is 0 Å². The lowest BCUT2D eigenvalue weighted by atomic mass is 10.1. The second kappa shape index (κ2) is 5.61. The van der Waals surface area contributed by atoms with Crippen molar-refractivity contribution in [3.63, 3.8) is 0 Å². The molecule has 0 atom stereocenters. The molecule has 3 aromatic rings. The van der Waals surface area contributed by atoms with Crippen molar-refractivity contribution in [2.24, 2.45) is 0 Å². The fraction of sp³-hybridized carbons (Fsp3) is 0.118. The van der Waals surface area contributed by atoms with Crippen molar-refractivity contribution in [3.05, 3.63) is 72.2 Å². The second-order valence-corrected chi connectivity index (χ2v) is 4.79. The molecule has 1 N–H and O–H groups in total. The van der Waals surface area contributed by atoms with E-state index in [1.165, 1.54) is 17.5 Å². The fourth-order valence-electron chi connectivity index (χ4n) is 2.14. The van der Waals surface area contributed by atoms with Crippen LogP contribution in [0.5, 0.6) is 0 Å². The Labute approximate surface area is 118 Å². The number of hydrogen-bond donors (Lipinski definition) is 1. The van der Waals surface area contributed by atoms with E-state index in [4.69, 9.17) is 4.42 Å². The molecule has 0 fully saturated rings. The minimum atomic E-state index is 0.787. The minimum Gasteiger partial charge on any atom is -0.444 e. The Kier molecular flexibility index (Phi) is 3.50. The van der Waals surface area contributed by atoms with E-state index in [-0.39, 0.29) is 0 Å². The standard InChI is InChI=1S/C17H16N2O/c1-13-3-2-4-14(9-13)10-19-16-7-5-15(6-8-16)17-11-18-12-20-17/h2-9,11-12,19H,10H2,1H3. The summed E-state index contributed by atoms with van der Waals surface area (Å²) in [5.41, 5.74) is 4.69. The molecule has 0 bridgehead atoms. The average molecular weight is 264 g/mol. The molecule has 1 aromatic heterocycles. The third-order valence-corrected chi connectivity index (χ3v) is 3.18. The number of aryl methyl sites for hydroxylation is 1. The summed E-state index contributed by atoms with van der Waals surface area (Å²) in [6.45, 7) is 2.93. The number of rotatable bonds is 4. The summed E-state index contributed by atoms with van der Waals surface area (Å²) < 4.78 is 5.27. The van der Waals surface area contributed by atoms with Gasteiger partial charge in [0.15, 0.2) is 12.2 Å². The summed E-state index contributed by atoms with van der Waals surface area (Å²) in [6.07, 6.45) is 3.16. The molecule has 0 saturated heterocycles. The van der Waals surface area contributed by atoms with Crippen molar-refractivity contribution < 1.29 is 4.42 Å². The Hall–Kier alpha value is -2.55. The van der Waals surface area contributed by atoms with Gasteiger partial charge in [0.2, 0.25) is 0 Å². The van der Waals surface area contributed by atoms with Crippen LogP contribution in [0.2, 0.25) is 0 Å². The molecule has 0 saturated carbocycles. The topological polar surface area (TPSA) is 38.1 Å². The van der Waals surface area contributed by atoms with Crippen LogP contribution in [0.15, 0.2) is 65.5 Å². The highest BCUT2D eigenvalue weighted by Crippen LogP contribution is 2.21. The van der Waals surface area contributed by atoms with Gasteiger partial charge in [-0.05, 0) is 36.8 Å². The maximum absolute atomic E-state index is 5.27. The third kappa shape index (κ3) is 2.88. The third-order valence-electron chi connectivity index (χ3n) is 3.18. The van der Waals surface area contributed by atoms with Crippen LogP contribution in [0.25, 0.3) is 11.3 Å². The van der Waals surface area contributed by atoms with Crippen LogP contribution in [-0.2, 0) is 6.54 Å². The van der Waals surface area contributed by atoms with E-state index in [1.54, 1.807) is 6.20 Å². The lowest BCUT2D eigenvalue weighted by Crippen LogP contribution is -1.99. The number of anilines is 1. The first-order valence-corrected chi connectivity index (χ1v) is 6.59. The monoisotopic (exact) mass is 264 g/mol. The zero-order valence-corrected chi connectivity index (χ0v) is 11.3. The van der Waals surface area contributed by atoms with E-state index in [0.717, 1.165) is 23.6 Å². The van der Waals surface area contributed by atoms with Crippen molar-refractivity contribution in [2.45, 2.75) is 13.5 Å². The first-order chi connectivity index (χ1) is 9.81. The lowest BCUT2D eigenvalue weighted by Gasteiger charge is -2.07. The Bertz CT molecular complexity index is 672. The van der Waals surface area contributed by atoms with Gasteiger partial charge in [0.1, 0.15) is 0 Å².